The van der Waals surface area contributed by atoms with Gasteiger partial charge in [0.15, 0.2) is 5.78 Å². The summed E-state index contributed by atoms with van der Waals surface area (Å²) in [6, 6.07) is 2.90. The number of hydrogen-bond donors (Lipinski definition) is 4. The van der Waals surface area contributed by atoms with Gasteiger partial charge in [0.1, 0.15) is 40.4 Å². The predicted octanol–water partition coefficient (Wildman–Crippen LogP) is 6.74. The summed E-state index contributed by atoms with van der Waals surface area (Å²) in [5.74, 6) is -0.816. The summed E-state index contributed by atoms with van der Waals surface area (Å²) >= 11 is 0. The molecule has 2 aromatic rings. The molecular formula is C30H36O6. The fraction of sp³-hybridized carbons (Fsp3) is 0.367. The van der Waals surface area contributed by atoms with Crippen molar-refractivity contribution in [2.75, 3.05) is 0 Å². The van der Waals surface area contributed by atoms with Crippen molar-refractivity contribution < 1.29 is 30.0 Å². The summed E-state index contributed by atoms with van der Waals surface area (Å²) in [4.78, 5) is 13.4. The molecule has 6 nitrogen and oxygen atoms in total. The number of carbonyl (C=O) groups is 1. The number of ether oxygens (including phenoxy) is 1. The number of phenolic OH excluding ortho intramolecular Hbond substituents is 4. The van der Waals surface area contributed by atoms with Crippen LogP contribution < -0.4 is 4.74 Å². The monoisotopic (exact) mass is 492 g/mol. The van der Waals surface area contributed by atoms with E-state index in [1.165, 1.54) is 6.07 Å². The summed E-state index contributed by atoms with van der Waals surface area (Å²) in [5, 5.41) is 43.1. The van der Waals surface area contributed by atoms with Crippen LogP contribution in [0.3, 0.4) is 0 Å². The van der Waals surface area contributed by atoms with E-state index >= 15 is 0 Å². The van der Waals surface area contributed by atoms with E-state index in [4.69, 9.17) is 4.74 Å². The van der Waals surface area contributed by atoms with Crippen LogP contribution in [0.15, 0.2) is 47.1 Å². The van der Waals surface area contributed by atoms with Gasteiger partial charge in [-0.2, -0.15) is 0 Å². The van der Waals surface area contributed by atoms with Gasteiger partial charge in [-0.05, 0) is 72.4 Å². The largest absolute Gasteiger partial charge is 0.508 e. The summed E-state index contributed by atoms with van der Waals surface area (Å²) < 4.78 is 6.25. The van der Waals surface area contributed by atoms with E-state index in [1.807, 2.05) is 59.8 Å². The number of aromatic hydroxyl groups is 4. The van der Waals surface area contributed by atoms with Gasteiger partial charge < -0.3 is 25.2 Å². The lowest BCUT2D eigenvalue weighted by Crippen LogP contribution is -2.22. The van der Waals surface area contributed by atoms with Gasteiger partial charge in [-0.3, -0.25) is 4.79 Å². The molecule has 0 fully saturated rings. The fourth-order valence-electron chi connectivity index (χ4n) is 4.20. The molecule has 0 saturated heterocycles. The normalized spacial score (nSPS) is 14.5. The SMILES string of the molecule is CC(C)=CCc1cc(C2CC(=O)c3c(O)c(CC=C(C)C)c(O)c(CC=C(C)C)c3O2)c(O)cc1O. The summed E-state index contributed by atoms with van der Waals surface area (Å²) in [6.07, 6.45) is 5.86. The lowest BCUT2D eigenvalue weighted by molar-refractivity contribution is 0.0839. The Bertz CT molecular complexity index is 1270. The molecular weight excluding hydrogens is 456 g/mol. The van der Waals surface area contributed by atoms with Gasteiger partial charge in [-0.25, -0.2) is 0 Å². The number of carbonyl (C=O) groups excluding carboxylic acids is 1. The molecule has 0 saturated carbocycles. The second-order valence-corrected chi connectivity index (χ2v) is 10.1. The maximum Gasteiger partial charge on any atom is 0.174 e. The molecule has 0 aromatic heterocycles. The van der Waals surface area contributed by atoms with Crippen LogP contribution in [0.1, 0.15) is 86.7 Å². The zero-order valence-electron chi connectivity index (χ0n) is 21.9. The number of ketones is 1. The van der Waals surface area contributed by atoms with Gasteiger partial charge in [-0.1, -0.05) is 34.9 Å². The molecule has 0 radical (unpaired) electrons. The van der Waals surface area contributed by atoms with E-state index < -0.39 is 6.10 Å². The number of Topliss-reactive ketones (excluding diaryl/α,β-unsaturated/α-hetero) is 1. The quantitative estimate of drug-likeness (QED) is 0.319. The average Bonchev–Trinajstić information content (AvgIpc) is 2.77. The molecule has 3 rings (SSSR count). The summed E-state index contributed by atoms with van der Waals surface area (Å²) in [6.45, 7) is 11.6. The van der Waals surface area contributed by atoms with E-state index in [0.29, 0.717) is 35.1 Å². The van der Waals surface area contributed by atoms with Crippen molar-refractivity contribution in [3.63, 3.8) is 0 Å². The third-order valence-corrected chi connectivity index (χ3v) is 6.24. The minimum absolute atomic E-state index is 0.0419. The molecule has 36 heavy (non-hydrogen) atoms. The molecule has 6 heteroatoms. The van der Waals surface area contributed by atoms with Crippen LogP contribution in [0.4, 0.5) is 0 Å². The zero-order valence-corrected chi connectivity index (χ0v) is 21.9. The summed E-state index contributed by atoms with van der Waals surface area (Å²) in [5.41, 5.74) is 4.86. The highest BCUT2D eigenvalue weighted by Gasteiger charge is 2.36. The number of hydrogen-bond acceptors (Lipinski definition) is 6. The first-order chi connectivity index (χ1) is 16.9. The molecule has 1 unspecified atom stereocenters. The van der Waals surface area contributed by atoms with Crippen molar-refractivity contribution in [1.29, 1.82) is 0 Å². The number of benzene rings is 2. The Morgan fingerprint density at radius 3 is 1.94 bits per heavy atom. The van der Waals surface area contributed by atoms with E-state index in [1.54, 1.807) is 6.07 Å². The van der Waals surface area contributed by atoms with Crippen LogP contribution in [0.25, 0.3) is 0 Å². The molecule has 192 valence electrons. The van der Waals surface area contributed by atoms with E-state index in [-0.39, 0.29) is 52.9 Å². The lowest BCUT2D eigenvalue weighted by atomic mass is 9.88. The molecule has 2 aromatic carbocycles. The minimum Gasteiger partial charge on any atom is -0.508 e. The fourth-order valence-corrected chi connectivity index (χ4v) is 4.20. The standard InChI is InChI=1S/C30H36O6/c1-16(2)7-10-19-13-22(24(32)14-23(19)31)26-15-25(33)27-29(35)20(11-8-17(3)4)28(34)21(30(27)36-26)12-9-18(5)6/h7-9,13-14,26,31-32,34-35H,10-12,15H2,1-6H3. The van der Waals surface area contributed by atoms with Crippen LogP contribution in [0.2, 0.25) is 0 Å². The van der Waals surface area contributed by atoms with Crippen LogP contribution in [-0.2, 0) is 19.3 Å². The Balaban J connectivity index is 2.16. The second kappa shape index (κ2) is 10.9. The van der Waals surface area contributed by atoms with E-state index in [9.17, 15) is 25.2 Å². The number of rotatable bonds is 7. The van der Waals surface area contributed by atoms with Gasteiger partial charge in [0, 0.05) is 22.8 Å². The molecule has 1 atom stereocenters. The molecule has 0 spiro atoms. The van der Waals surface area contributed by atoms with Crippen molar-refractivity contribution in [3.8, 4) is 28.7 Å². The lowest BCUT2D eigenvalue weighted by Gasteiger charge is -2.30. The summed E-state index contributed by atoms with van der Waals surface area (Å²) in [7, 11) is 0. The number of fused-ring (bicyclic) bond motifs is 1. The van der Waals surface area contributed by atoms with Gasteiger partial charge in [0.05, 0.1) is 6.42 Å². The van der Waals surface area contributed by atoms with Crippen LogP contribution in [0.5, 0.6) is 28.7 Å². The van der Waals surface area contributed by atoms with Crippen LogP contribution in [-0.4, -0.2) is 26.2 Å². The van der Waals surface area contributed by atoms with Crippen molar-refractivity contribution in [2.24, 2.45) is 0 Å². The van der Waals surface area contributed by atoms with Gasteiger partial charge in [0.2, 0.25) is 0 Å². The third kappa shape index (κ3) is 5.76. The molecule has 1 aliphatic rings. The van der Waals surface area contributed by atoms with Crippen molar-refractivity contribution in [2.45, 2.75) is 73.3 Å². The first-order valence-corrected chi connectivity index (χ1v) is 12.1. The molecule has 0 aliphatic carbocycles. The Hall–Kier alpha value is -3.67. The van der Waals surface area contributed by atoms with Crippen LogP contribution >= 0.6 is 0 Å². The van der Waals surface area contributed by atoms with E-state index in [2.05, 4.69) is 0 Å². The average molecular weight is 493 g/mol. The Morgan fingerprint density at radius 2 is 1.36 bits per heavy atom. The predicted molar refractivity (Wildman–Crippen MR) is 141 cm³/mol. The molecule has 0 amide bonds. The zero-order chi connectivity index (χ0) is 26.7. The maximum absolute atomic E-state index is 13.4. The highest BCUT2D eigenvalue weighted by molar-refractivity contribution is 6.04. The van der Waals surface area contributed by atoms with E-state index in [0.717, 1.165) is 16.7 Å². The molecule has 4 N–H and O–H groups in total. The van der Waals surface area contributed by atoms with Crippen molar-refractivity contribution in [3.05, 3.63) is 74.9 Å². The van der Waals surface area contributed by atoms with Gasteiger partial charge in [0.25, 0.3) is 0 Å². The topological polar surface area (TPSA) is 107 Å². The highest BCUT2D eigenvalue weighted by Crippen LogP contribution is 2.49. The first-order valence-electron chi connectivity index (χ1n) is 12.1. The Kier molecular flexibility index (Phi) is 8.18. The number of allylic oxidation sites excluding steroid dienone is 6. The minimum atomic E-state index is -0.844. The van der Waals surface area contributed by atoms with Crippen molar-refractivity contribution >= 4 is 5.78 Å². The van der Waals surface area contributed by atoms with Gasteiger partial charge in [-0.15, -0.1) is 0 Å². The second-order valence-electron chi connectivity index (χ2n) is 10.1. The first kappa shape index (κ1) is 26.9. The molecule has 0 bridgehead atoms. The Morgan fingerprint density at radius 1 is 0.806 bits per heavy atom. The molecule has 1 heterocycles. The maximum atomic E-state index is 13.4. The molecule has 1 aliphatic heterocycles. The van der Waals surface area contributed by atoms with Crippen LogP contribution in [0, 0.1) is 0 Å². The highest BCUT2D eigenvalue weighted by atomic mass is 16.5. The Labute approximate surface area is 212 Å². The van der Waals surface area contributed by atoms with Gasteiger partial charge >= 0.3 is 0 Å². The van der Waals surface area contributed by atoms with Crippen molar-refractivity contribution in [1.82, 2.24) is 0 Å². The number of phenols is 4. The third-order valence-electron chi connectivity index (χ3n) is 6.24. The smallest absolute Gasteiger partial charge is 0.174 e.